The second kappa shape index (κ2) is 7.57. The predicted molar refractivity (Wildman–Crippen MR) is 120 cm³/mol. The van der Waals surface area contributed by atoms with Crippen molar-refractivity contribution in [1.29, 1.82) is 0 Å². The smallest absolute Gasteiger partial charge is 0.229 e. The molecule has 0 aliphatic carbocycles. The normalized spacial score (nSPS) is 11.6. The Bertz CT molecular complexity index is 1250. The van der Waals surface area contributed by atoms with Gasteiger partial charge in [-0.1, -0.05) is 12.1 Å². The van der Waals surface area contributed by atoms with Crippen LogP contribution in [0.4, 0.5) is 23.1 Å². The maximum Gasteiger partial charge on any atom is 0.229 e. The molecular formula is C19H19BrN7OP. The van der Waals surface area contributed by atoms with E-state index >= 15 is 0 Å². The molecule has 2 N–H and O–H groups in total. The minimum Gasteiger partial charge on any atom is -0.339 e. The van der Waals surface area contributed by atoms with Gasteiger partial charge in [0.15, 0.2) is 5.65 Å². The van der Waals surface area contributed by atoms with Crippen molar-refractivity contribution >= 4 is 62.6 Å². The number of para-hydroxylation sites is 1. The Balaban J connectivity index is 1.63. The van der Waals surface area contributed by atoms with E-state index in [4.69, 9.17) is 0 Å². The SMILES string of the molecule is Cn1ncc2cc(Nc3ncc(Br)c(Nc4ccccc4P(C)(C)=O)n3)cnc21. The third kappa shape index (κ3) is 4.16. The molecule has 4 aromatic rings. The fraction of sp³-hybridized carbons (Fsp3) is 0.158. The van der Waals surface area contributed by atoms with Gasteiger partial charge in [0, 0.05) is 23.9 Å². The highest BCUT2D eigenvalue weighted by Gasteiger charge is 2.17. The number of hydrogen-bond acceptors (Lipinski definition) is 7. The number of halogens is 1. The van der Waals surface area contributed by atoms with Gasteiger partial charge < -0.3 is 15.2 Å². The number of benzene rings is 1. The van der Waals surface area contributed by atoms with Crippen molar-refractivity contribution in [2.75, 3.05) is 24.0 Å². The van der Waals surface area contributed by atoms with Gasteiger partial charge in [-0.2, -0.15) is 10.1 Å². The largest absolute Gasteiger partial charge is 0.339 e. The van der Waals surface area contributed by atoms with Crippen LogP contribution in [0.25, 0.3) is 11.0 Å². The first-order valence-corrected chi connectivity index (χ1v) is 12.2. The second-order valence-corrected chi connectivity index (χ2v) is 11.0. The summed E-state index contributed by atoms with van der Waals surface area (Å²) in [5.74, 6) is 0.980. The first-order chi connectivity index (χ1) is 13.8. The second-order valence-electron chi connectivity index (χ2n) is 6.91. The van der Waals surface area contributed by atoms with Crippen molar-refractivity contribution < 1.29 is 4.57 Å². The number of fused-ring (bicyclic) bond motifs is 1. The van der Waals surface area contributed by atoms with Crippen LogP contribution >= 0.6 is 23.1 Å². The van der Waals surface area contributed by atoms with E-state index in [1.165, 1.54) is 0 Å². The monoisotopic (exact) mass is 471 g/mol. The molecule has 148 valence electrons. The van der Waals surface area contributed by atoms with Gasteiger partial charge in [0.1, 0.15) is 13.0 Å². The van der Waals surface area contributed by atoms with Crippen molar-refractivity contribution in [3.8, 4) is 0 Å². The molecule has 10 heteroatoms. The highest BCUT2D eigenvalue weighted by atomic mass is 79.9. The van der Waals surface area contributed by atoms with Gasteiger partial charge in [0.2, 0.25) is 5.95 Å². The molecule has 8 nitrogen and oxygen atoms in total. The molecular weight excluding hydrogens is 453 g/mol. The summed E-state index contributed by atoms with van der Waals surface area (Å²) in [5.41, 5.74) is 2.31. The number of rotatable bonds is 5. The van der Waals surface area contributed by atoms with E-state index in [9.17, 15) is 4.57 Å². The summed E-state index contributed by atoms with van der Waals surface area (Å²) >= 11 is 3.48. The average Bonchev–Trinajstić information content (AvgIpc) is 3.04. The molecule has 0 aliphatic rings. The Morgan fingerprint density at radius 3 is 2.66 bits per heavy atom. The van der Waals surface area contributed by atoms with Crippen molar-refractivity contribution in [2.24, 2.45) is 7.05 Å². The fourth-order valence-electron chi connectivity index (χ4n) is 2.93. The Morgan fingerprint density at radius 2 is 1.86 bits per heavy atom. The third-order valence-electron chi connectivity index (χ3n) is 4.31. The summed E-state index contributed by atoms with van der Waals surface area (Å²) in [5, 5.41) is 12.3. The van der Waals surface area contributed by atoms with Crippen LogP contribution in [0.5, 0.6) is 0 Å². The summed E-state index contributed by atoms with van der Waals surface area (Å²) in [6.45, 7) is 3.49. The Labute approximate surface area is 176 Å². The van der Waals surface area contributed by atoms with E-state index < -0.39 is 7.14 Å². The van der Waals surface area contributed by atoms with Gasteiger partial charge in [-0.05, 0) is 47.5 Å². The number of hydrogen-bond donors (Lipinski definition) is 2. The van der Waals surface area contributed by atoms with E-state index in [0.717, 1.165) is 27.7 Å². The number of anilines is 4. The molecule has 0 unspecified atom stereocenters. The average molecular weight is 472 g/mol. The topological polar surface area (TPSA) is 97.6 Å². The number of nitrogens with zero attached hydrogens (tertiary/aromatic N) is 5. The van der Waals surface area contributed by atoms with Crippen molar-refractivity contribution in [3.05, 3.63) is 53.4 Å². The summed E-state index contributed by atoms with van der Waals surface area (Å²) in [6.07, 6.45) is 5.13. The first-order valence-electron chi connectivity index (χ1n) is 8.80. The highest BCUT2D eigenvalue weighted by Crippen LogP contribution is 2.38. The van der Waals surface area contributed by atoms with Gasteiger partial charge >= 0.3 is 0 Å². The molecule has 0 fully saturated rings. The quantitative estimate of drug-likeness (QED) is 0.419. The van der Waals surface area contributed by atoms with Gasteiger partial charge in [0.05, 0.1) is 28.2 Å². The Morgan fingerprint density at radius 1 is 1.07 bits per heavy atom. The lowest BCUT2D eigenvalue weighted by Gasteiger charge is -2.16. The van der Waals surface area contributed by atoms with Crippen LogP contribution in [0.1, 0.15) is 0 Å². The Kier molecular flexibility index (Phi) is 5.10. The van der Waals surface area contributed by atoms with Crippen LogP contribution in [-0.2, 0) is 11.6 Å². The maximum atomic E-state index is 12.6. The van der Waals surface area contributed by atoms with E-state index in [1.54, 1.807) is 36.6 Å². The minimum atomic E-state index is -2.45. The molecule has 0 aliphatic heterocycles. The molecule has 0 saturated heterocycles. The van der Waals surface area contributed by atoms with Crippen LogP contribution in [0.2, 0.25) is 0 Å². The van der Waals surface area contributed by atoms with E-state index in [-0.39, 0.29) is 0 Å². The van der Waals surface area contributed by atoms with Gasteiger partial charge in [-0.25, -0.2) is 9.97 Å². The standard InChI is InChI=1S/C19H19BrN7OP/c1-27-18-12(9-23-27)8-13(10-21-18)24-19-22-11-14(20)17(26-19)25-15-6-4-5-7-16(15)29(2,3)28/h4-11H,1-3H3,(H2,22,24,25,26). The summed E-state index contributed by atoms with van der Waals surface area (Å²) in [4.78, 5) is 13.3. The fourth-order valence-corrected chi connectivity index (χ4v) is 4.38. The van der Waals surface area contributed by atoms with Crippen LogP contribution in [-0.4, -0.2) is 38.1 Å². The molecule has 29 heavy (non-hydrogen) atoms. The zero-order chi connectivity index (χ0) is 20.6. The molecule has 3 heterocycles. The maximum absolute atomic E-state index is 12.6. The molecule has 0 radical (unpaired) electrons. The first kappa shape index (κ1) is 19.5. The number of pyridine rings is 1. The predicted octanol–water partition coefficient (Wildman–Crippen LogP) is 4.26. The van der Waals surface area contributed by atoms with Gasteiger partial charge in [0.25, 0.3) is 0 Å². The summed E-state index contributed by atoms with van der Waals surface area (Å²) in [7, 11) is -0.600. The molecule has 0 bridgehead atoms. The van der Waals surface area contributed by atoms with E-state index in [0.29, 0.717) is 16.2 Å². The molecule has 0 saturated carbocycles. The summed E-state index contributed by atoms with van der Waals surface area (Å²) in [6, 6.07) is 9.46. The van der Waals surface area contributed by atoms with E-state index in [2.05, 4.69) is 46.6 Å². The van der Waals surface area contributed by atoms with Crippen molar-refractivity contribution in [2.45, 2.75) is 0 Å². The van der Waals surface area contributed by atoms with Crippen molar-refractivity contribution in [1.82, 2.24) is 24.7 Å². The van der Waals surface area contributed by atoms with Crippen molar-refractivity contribution in [3.63, 3.8) is 0 Å². The van der Waals surface area contributed by atoms with Crippen LogP contribution in [0.3, 0.4) is 0 Å². The summed E-state index contributed by atoms with van der Waals surface area (Å²) < 4.78 is 15.0. The molecule has 0 atom stereocenters. The van der Waals surface area contributed by atoms with Crippen LogP contribution < -0.4 is 15.9 Å². The van der Waals surface area contributed by atoms with Gasteiger partial charge in [-0.15, -0.1) is 0 Å². The molecule has 0 spiro atoms. The lowest BCUT2D eigenvalue weighted by molar-refractivity contribution is 0.588. The third-order valence-corrected chi connectivity index (χ3v) is 6.44. The molecule has 3 aromatic heterocycles. The zero-order valence-electron chi connectivity index (χ0n) is 16.1. The number of nitrogens with one attached hydrogen (secondary N) is 2. The molecule has 4 rings (SSSR count). The molecule has 0 amide bonds. The number of aromatic nitrogens is 5. The van der Waals surface area contributed by atoms with Crippen LogP contribution in [0.15, 0.2) is 53.4 Å². The lowest BCUT2D eigenvalue weighted by atomic mass is 10.3. The zero-order valence-corrected chi connectivity index (χ0v) is 18.6. The molecule has 1 aromatic carbocycles. The number of aryl methyl sites for hydroxylation is 1. The minimum absolute atomic E-state index is 0.411. The lowest BCUT2D eigenvalue weighted by Crippen LogP contribution is -2.11. The highest BCUT2D eigenvalue weighted by molar-refractivity contribution is 9.10. The van der Waals surface area contributed by atoms with E-state index in [1.807, 2.05) is 37.4 Å². The van der Waals surface area contributed by atoms with Gasteiger partial charge in [-0.3, -0.25) is 4.68 Å². The van der Waals surface area contributed by atoms with Crippen LogP contribution in [0, 0.1) is 0 Å². The Hall–Kier alpha value is -2.77.